The van der Waals surface area contributed by atoms with E-state index in [2.05, 4.69) is 15.2 Å². The van der Waals surface area contributed by atoms with Crippen molar-refractivity contribution in [2.45, 2.75) is 18.9 Å². The van der Waals surface area contributed by atoms with Gasteiger partial charge in [0.25, 0.3) is 5.91 Å². The molecule has 1 atom stereocenters. The van der Waals surface area contributed by atoms with Gasteiger partial charge in [-0.3, -0.25) is 9.69 Å². The molecule has 0 spiro atoms. The van der Waals surface area contributed by atoms with E-state index in [0.717, 1.165) is 37.0 Å². The van der Waals surface area contributed by atoms with Crippen molar-refractivity contribution in [2.75, 3.05) is 19.6 Å². The molecule has 1 amide bonds. The number of carbonyl (C=O) groups is 1. The highest BCUT2D eigenvalue weighted by molar-refractivity contribution is 6.31. The van der Waals surface area contributed by atoms with Crippen molar-refractivity contribution in [3.63, 3.8) is 0 Å². The van der Waals surface area contributed by atoms with Gasteiger partial charge in [0.2, 0.25) is 0 Å². The summed E-state index contributed by atoms with van der Waals surface area (Å²) in [5.41, 5.74) is 2.19. The van der Waals surface area contributed by atoms with Crippen LogP contribution in [-0.4, -0.2) is 35.4 Å². The first-order valence-corrected chi connectivity index (χ1v) is 9.54. The maximum absolute atomic E-state index is 13.4. The standard InChI is InChI=1S/C21H21ClFN3O/c22-17-6-2-1-5-16(17)20(26-9-3-4-10-26)13-24-21(27)19-12-14-11-15(23)7-8-18(14)25-19/h1-2,5-8,11-12,20,25H,3-4,9-10,13H2,(H,24,27)/t20-/m1/s1. The van der Waals surface area contributed by atoms with Crippen LogP contribution in [0.25, 0.3) is 10.9 Å². The molecule has 4 rings (SSSR count). The summed E-state index contributed by atoms with van der Waals surface area (Å²) in [7, 11) is 0. The molecule has 0 radical (unpaired) electrons. The Hall–Kier alpha value is -2.37. The summed E-state index contributed by atoms with van der Waals surface area (Å²) in [6.45, 7) is 2.46. The first kappa shape index (κ1) is 18.0. The number of nitrogens with zero attached hydrogens (tertiary/aromatic N) is 1. The van der Waals surface area contributed by atoms with Crippen LogP contribution in [0.4, 0.5) is 4.39 Å². The third kappa shape index (κ3) is 3.84. The number of aromatic amines is 1. The zero-order chi connectivity index (χ0) is 18.8. The first-order valence-electron chi connectivity index (χ1n) is 9.17. The molecule has 0 aliphatic carbocycles. The van der Waals surface area contributed by atoms with Crippen LogP contribution >= 0.6 is 11.6 Å². The lowest BCUT2D eigenvalue weighted by molar-refractivity contribution is 0.0933. The summed E-state index contributed by atoms with van der Waals surface area (Å²) < 4.78 is 13.4. The Morgan fingerprint density at radius 2 is 1.96 bits per heavy atom. The van der Waals surface area contributed by atoms with E-state index < -0.39 is 0 Å². The Balaban J connectivity index is 1.52. The van der Waals surface area contributed by atoms with Gasteiger partial charge >= 0.3 is 0 Å². The second-order valence-electron chi connectivity index (χ2n) is 6.90. The van der Waals surface area contributed by atoms with Gasteiger partial charge in [-0.15, -0.1) is 0 Å². The quantitative estimate of drug-likeness (QED) is 0.678. The average Bonchev–Trinajstić information content (AvgIpc) is 3.32. The predicted molar refractivity (Wildman–Crippen MR) is 106 cm³/mol. The third-order valence-electron chi connectivity index (χ3n) is 5.13. The number of halogens is 2. The van der Waals surface area contributed by atoms with Crippen LogP contribution < -0.4 is 5.32 Å². The molecular weight excluding hydrogens is 365 g/mol. The van der Waals surface area contributed by atoms with Crippen molar-refractivity contribution < 1.29 is 9.18 Å². The number of nitrogens with one attached hydrogen (secondary N) is 2. The summed E-state index contributed by atoms with van der Waals surface area (Å²) in [6.07, 6.45) is 2.31. The van der Waals surface area contributed by atoms with Crippen LogP contribution in [0.1, 0.15) is 34.9 Å². The molecule has 27 heavy (non-hydrogen) atoms. The number of benzene rings is 2. The van der Waals surface area contributed by atoms with Gasteiger partial charge < -0.3 is 10.3 Å². The van der Waals surface area contributed by atoms with Crippen LogP contribution in [-0.2, 0) is 0 Å². The van der Waals surface area contributed by atoms with E-state index in [-0.39, 0.29) is 17.8 Å². The van der Waals surface area contributed by atoms with Crippen molar-refractivity contribution >= 4 is 28.4 Å². The molecule has 2 N–H and O–H groups in total. The number of hydrogen-bond donors (Lipinski definition) is 2. The molecule has 1 saturated heterocycles. The molecule has 3 aromatic rings. The van der Waals surface area contributed by atoms with Crippen molar-refractivity contribution in [1.29, 1.82) is 0 Å². The van der Waals surface area contributed by atoms with Crippen LogP contribution in [0, 0.1) is 5.82 Å². The van der Waals surface area contributed by atoms with E-state index >= 15 is 0 Å². The Morgan fingerprint density at radius 3 is 2.74 bits per heavy atom. The Labute approximate surface area is 162 Å². The maximum Gasteiger partial charge on any atom is 0.267 e. The van der Waals surface area contributed by atoms with Crippen LogP contribution in [0.3, 0.4) is 0 Å². The number of amides is 1. The monoisotopic (exact) mass is 385 g/mol. The fourth-order valence-electron chi connectivity index (χ4n) is 3.74. The number of H-pyrrole nitrogens is 1. The van der Waals surface area contributed by atoms with Crippen LogP contribution in [0.5, 0.6) is 0 Å². The topological polar surface area (TPSA) is 48.1 Å². The van der Waals surface area contributed by atoms with Crippen molar-refractivity contribution in [3.05, 3.63) is 70.6 Å². The first-order chi connectivity index (χ1) is 13.1. The predicted octanol–water partition coefficient (Wildman–Crippen LogP) is 4.53. The number of hydrogen-bond acceptors (Lipinski definition) is 2. The lowest BCUT2D eigenvalue weighted by Gasteiger charge is -2.28. The van der Waals surface area contributed by atoms with Crippen molar-refractivity contribution in [1.82, 2.24) is 15.2 Å². The maximum atomic E-state index is 13.4. The molecule has 1 aliphatic heterocycles. The molecule has 2 aromatic carbocycles. The molecule has 0 saturated carbocycles. The molecular formula is C21H21ClFN3O. The van der Waals surface area contributed by atoms with Crippen LogP contribution in [0.15, 0.2) is 48.5 Å². The molecule has 0 unspecified atom stereocenters. The van der Waals surface area contributed by atoms with Gasteiger partial charge in [0, 0.05) is 22.5 Å². The second kappa shape index (κ2) is 7.71. The summed E-state index contributed by atoms with van der Waals surface area (Å²) in [5.74, 6) is -0.524. The van der Waals surface area contributed by atoms with E-state index in [0.29, 0.717) is 22.6 Å². The van der Waals surface area contributed by atoms with Gasteiger partial charge in [-0.1, -0.05) is 29.8 Å². The van der Waals surface area contributed by atoms with Crippen LogP contribution in [0.2, 0.25) is 5.02 Å². The lowest BCUT2D eigenvalue weighted by atomic mass is 10.1. The highest BCUT2D eigenvalue weighted by Crippen LogP contribution is 2.29. The summed E-state index contributed by atoms with van der Waals surface area (Å²) in [5, 5.41) is 4.41. The van der Waals surface area contributed by atoms with Gasteiger partial charge in [0.1, 0.15) is 11.5 Å². The fourth-order valence-corrected chi connectivity index (χ4v) is 4.01. The number of fused-ring (bicyclic) bond motifs is 1. The summed E-state index contributed by atoms with van der Waals surface area (Å²) in [6, 6.07) is 13.9. The number of carbonyl (C=O) groups excluding carboxylic acids is 1. The number of rotatable bonds is 5. The van der Waals surface area contributed by atoms with Gasteiger partial charge in [0.05, 0.1) is 6.04 Å². The van der Waals surface area contributed by atoms with Gasteiger partial charge in [0.15, 0.2) is 0 Å². The smallest absolute Gasteiger partial charge is 0.267 e. The van der Waals surface area contributed by atoms with Gasteiger partial charge in [-0.05, 0) is 61.8 Å². The SMILES string of the molecule is O=C(NC[C@H](c1ccccc1Cl)N1CCCC1)c1cc2cc(F)ccc2[nH]1. The molecule has 2 heterocycles. The molecule has 6 heteroatoms. The van der Waals surface area contributed by atoms with Crippen molar-refractivity contribution in [2.24, 2.45) is 0 Å². The highest BCUT2D eigenvalue weighted by Gasteiger charge is 2.25. The van der Waals surface area contributed by atoms with Crippen molar-refractivity contribution in [3.8, 4) is 0 Å². The molecule has 0 bridgehead atoms. The summed E-state index contributed by atoms with van der Waals surface area (Å²) >= 11 is 6.42. The van der Waals surface area contributed by atoms with E-state index in [4.69, 9.17) is 11.6 Å². The Kier molecular flexibility index (Phi) is 5.14. The minimum atomic E-state index is -0.318. The second-order valence-corrected chi connectivity index (χ2v) is 7.31. The molecule has 1 aromatic heterocycles. The van der Waals surface area contributed by atoms with E-state index in [1.165, 1.54) is 12.1 Å². The minimum Gasteiger partial charge on any atom is -0.351 e. The number of likely N-dealkylation sites (tertiary alicyclic amines) is 1. The van der Waals surface area contributed by atoms with E-state index in [9.17, 15) is 9.18 Å². The normalized spacial score (nSPS) is 15.9. The van der Waals surface area contributed by atoms with Gasteiger partial charge in [-0.25, -0.2) is 4.39 Å². The fraction of sp³-hybridized carbons (Fsp3) is 0.286. The largest absolute Gasteiger partial charge is 0.351 e. The molecule has 140 valence electrons. The zero-order valence-electron chi connectivity index (χ0n) is 14.8. The van der Waals surface area contributed by atoms with E-state index in [1.54, 1.807) is 12.1 Å². The lowest BCUT2D eigenvalue weighted by Crippen LogP contribution is -2.37. The van der Waals surface area contributed by atoms with E-state index in [1.807, 2.05) is 24.3 Å². The Bertz CT molecular complexity index is 965. The minimum absolute atomic E-state index is 0.0342. The Morgan fingerprint density at radius 1 is 1.19 bits per heavy atom. The molecule has 1 fully saturated rings. The van der Waals surface area contributed by atoms with Gasteiger partial charge in [-0.2, -0.15) is 0 Å². The molecule has 4 nitrogen and oxygen atoms in total. The summed E-state index contributed by atoms with van der Waals surface area (Å²) in [4.78, 5) is 18.1. The molecule has 1 aliphatic rings. The zero-order valence-corrected chi connectivity index (χ0v) is 15.6. The number of aromatic nitrogens is 1. The average molecular weight is 386 g/mol. The third-order valence-corrected chi connectivity index (χ3v) is 5.47. The highest BCUT2D eigenvalue weighted by atomic mass is 35.5.